The van der Waals surface area contributed by atoms with E-state index in [1.54, 1.807) is 16.6 Å². The monoisotopic (exact) mass is 423 g/mol. The zero-order chi connectivity index (χ0) is 22.0. The fourth-order valence-corrected chi connectivity index (χ4v) is 3.73. The Balaban J connectivity index is 1.56. The predicted molar refractivity (Wildman–Crippen MR) is 114 cm³/mol. The van der Waals surface area contributed by atoms with Crippen LogP contribution in [-0.4, -0.2) is 46.6 Å². The number of para-hydroxylation sites is 2. The molecule has 0 saturated carbocycles. The van der Waals surface area contributed by atoms with E-state index in [1.165, 1.54) is 24.3 Å². The maximum atomic E-state index is 13.1. The predicted octanol–water partition coefficient (Wildman–Crippen LogP) is 2.90. The van der Waals surface area contributed by atoms with Gasteiger partial charge in [0.05, 0.1) is 22.4 Å². The van der Waals surface area contributed by atoms with Gasteiger partial charge in [0.1, 0.15) is 6.04 Å². The molecule has 10 nitrogen and oxygen atoms in total. The van der Waals surface area contributed by atoms with Crippen molar-refractivity contribution in [1.29, 1.82) is 0 Å². The van der Waals surface area contributed by atoms with Crippen LogP contribution in [0, 0.1) is 10.1 Å². The van der Waals surface area contributed by atoms with Gasteiger partial charge in [0.15, 0.2) is 0 Å². The first-order valence-electron chi connectivity index (χ1n) is 9.81. The van der Waals surface area contributed by atoms with Crippen molar-refractivity contribution >= 4 is 40.2 Å². The van der Waals surface area contributed by atoms with Gasteiger partial charge >= 0.3 is 0 Å². The van der Waals surface area contributed by atoms with Crippen LogP contribution in [-0.2, 0) is 14.3 Å². The molecule has 31 heavy (non-hydrogen) atoms. The highest BCUT2D eigenvalue weighted by atomic mass is 16.6. The van der Waals surface area contributed by atoms with E-state index in [-0.39, 0.29) is 23.9 Å². The molecule has 2 aromatic carbocycles. The molecule has 160 valence electrons. The maximum absolute atomic E-state index is 13.1. The highest BCUT2D eigenvalue weighted by molar-refractivity contribution is 6.05. The Bertz CT molecular complexity index is 1140. The molecular formula is C21H21N5O5. The molecule has 1 aromatic heterocycles. The van der Waals surface area contributed by atoms with Gasteiger partial charge in [0, 0.05) is 38.1 Å². The largest absolute Gasteiger partial charge is 0.385 e. The number of imidazole rings is 1. The standard InChI is InChI=1S/C21H21N5O5/c1-31-12-4-11-24-20(28)18(25-17-6-3-2-5-16(17)23-21(24)25)13-19(27)22-14-7-9-15(10-8-14)26(29)30/h2-3,5-10,18H,4,11-13H2,1H3,(H,22,27)/t18-/m1/s1. The molecule has 2 amide bonds. The van der Waals surface area contributed by atoms with E-state index < -0.39 is 11.0 Å². The number of fused-ring (bicyclic) bond motifs is 3. The number of hydrogen-bond acceptors (Lipinski definition) is 6. The lowest BCUT2D eigenvalue weighted by Crippen LogP contribution is -2.32. The molecule has 10 heteroatoms. The molecule has 0 aliphatic carbocycles. The number of aromatic nitrogens is 2. The molecule has 4 rings (SSSR count). The highest BCUT2D eigenvalue weighted by Gasteiger charge is 2.40. The second-order valence-corrected chi connectivity index (χ2v) is 7.18. The van der Waals surface area contributed by atoms with Crippen molar-refractivity contribution < 1.29 is 19.2 Å². The quantitative estimate of drug-likeness (QED) is 0.338. The molecule has 0 radical (unpaired) electrons. The summed E-state index contributed by atoms with van der Waals surface area (Å²) in [6.07, 6.45) is 0.567. The summed E-state index contributed by atoms with van der Waals surface area (Å²) >= 11 is 0. The zero-order valence-corrected chi connectivity index (χ0v) is 16.9. The fourth-order valence-electron chi connectivity index (χ4n) is 3.73. The van der Waals surface area contributed by atoms with Gasteiger partial charge in [0.2, 0.25) is 11.9 Å². The summed E-state index contributed by atoms with van der Waals surface area (Å²) in [5.41, 5.74) is 1.90. The van der Waals surface area contributed by atoms with Crippen LogP contribution in [0.15, 0.2) is 48.5 Å². The molecule has 0 spiro atoms. The average molecular weight is 423 g/mol. The van der Waals surface area contributed by atoms with Gasteiger partial charge in [0.25, 0.3) is 11.6 Å². The number of ether oxygens (including phenoxy) is 1. The molecule has 0 bridgehead atoms. The lowest BCUT2D eigenvalue weighted by molar-refractivity contribution is -0.384. The minimum atomic E-state index is -0.719. The van der Waals surface area contributed by atoms with Crippen LogP contribution in [0.2, 0.25) is 0 Å². The maximum Gasteiger partial charge on any atom is 0.269 e. The number of nitro groups is 1. The third-order valence-electron chi connectivity index (χ3n) is 5.15. The van der Waals surface area contributed by atoms with Crippen molar-refractivity contribution in [3.8, 4) is 0 Å². The molecule has 0 unspecified atom stereocenters. The van der Waals surface area contributed by atoms with Crippen molar-refractivity contribution in [2.75, 3.05) is 30.5 Å². The number of amides is 2. The Kier molecular flexibility index (Phi) is 5.63. The second-order valence-electron chi connectivity index (χ2n) is 7.18. The van der Waals surface area contributed by atoms with Gasteiger partial charge in [-0.15, -0.1) is 0 Å². The lowest BCUT2D eigenvalue weighted by Gasteiger charge is -2.15. The van der Waals surface area contributed by atoms with Gasteiger partial charge in [-0.3, -0.25) is 29.2 Å². The van der Waals surface area contributed by atoms with Crippen LogP contribution in [0.25, 0.3) is 11.0 Å². The SMILES string of the molecule is COCCCN1C(=O)[C@@H](CC(=O)Nc2ccc([N+](=O)[O-])cc2)n2c1nc1ccccc12. The zero-order valence-electron chi connectivity index (χ0n) is 16.9. The minimum Gasteiger partial charge on any atom is -0.385 e. The Morgan fingerprint density at radius 2 is 1.97 bits per heavy atom. The van der Waals surface area contributed by atoms with Gasteiger partial charge in [-0.25, -0.2) is 4.98 Å². The minimum absolute atomic E-state index is 0.0646. The van der Waals surface area contributed by atoms with Crippen molar-refractivity contribution in [3.05, 3.63) is 58.6 Å². The first kappa shape index (κ1) is 20.5. The molecule has 3 aromatic rings. The van der Waals surface area contributed by atoms with E-state index >= 15 is 0 Å². The topological polar surface area (TPSA) is 120 Å². The summed E-state index contributed by atoms with van der Waals surface area (Å²) in [7, 11) is 1.60. The number of hydrogen-bond donors (Lipinski definition) is 1. The van der Waals surface area contributed by atoms with Crippen LogP contribution >= 0.6 is 0 Å². The molecular weight excluding hydrogens is 402 g/mol. The molecule has 1 aliphatic heterocycles. The Labute approximate surface area is 177 Å². The first-order valence-corrected chi connectivity index (χ1v) is 9.81. The van der Waals surface area contributed by atoms with Crippen LogP contribution < -0.4 is 10.2 Å². The van der Waals surface area contributed by atoms with Gasteiger partial charge < -0.3 is 10.1 Å². The molecule has 1 atom stereocenters. The normalized spacial score (nSPS) is 15.3. The number of nitrogens with one attached hydrogen (secondary N) is 1. The summed E-state index contributed by atoms with van der Waals surface area (Å²) in [4.78, 5) is 42.3. The van der Waals surface area contributed by atoms with Crippen LogP contribution in [0.1, 0.15) is 18.9 Å². The van der Waals surface area contributed by atoms with Crippen molar-refractivity contribution in [2.45, 2.75) is 18.9 Å². The van der Waals surface area contributed by atoms with Crippen LogP contribution in [0.4, 0.5) is 17.3 Å². The number of non-ortho nitro benzene ring substituents is 1. The van der Waals surface area contributed by atoms with E-state index in [4.69, 9.17) is 4.74 Å². The Morgan fingerprint density at radius 3 is 2.68 bits per heavy atom. The van der Waals surface area contributed by atoms with Crippen LogP contribution in [0.3, 0.4) is 0 Å². The van der Waals surface area contributed by atoms with E-state index in [9.17, 15) is 19.7 Å². The van der Waals surface area contributed by atoms with Gasteiger partial charge in [-0.05, 0) is 30.7 Å². The third kappa shape index (κ3) is 3.97. The Hall–Kier alpha value is -3.79. The molecule has 2 heterocycles. The number of methoxy groups -OCH3 is 1. The number of benzene rings is 2. The molecule has 1 aliphatic rings. The van der Waals surface area contributed by atoms with Gasteiger partial charge in [-0.2, -0.15) is 0 Å². The van der Waals surface area contributed by atoms with E-state index in [1.807, 2.05) is 24.3 Å². The molecule has 0 fully saturated rings. The van der Waals surface area contributed by atoms with E-state index in [2.05, 4.69) is 10.3 Å². The second kappa shape index (κ2) is 8.52. The average Bonchev–Trinajstić information content (AvgIpc) is 3.24. The van der Waals surface area contributed by atoms with Crippen molar-refractivity contribution in [2.24, 2.45) is 0 Å². The number of rotatable bonds is 8. The number of nitro benzene ring substituents is 1. The summed E-state index contributed by atoms with van der Waals surface area (Å²) in [5.74, 6) is -0.0340. The lowest BCUT2D eigenvalue weighted by atomic mass is 10.1. The summed E-state index contributed by atoms with van der Waals surface area (Å²) in [6.45, 7) is 0.950. The highest BCUT2D eigenvalue weighted by Crippen LogP contribution is 2.36. The van der Waals surface area contributed by atoms with Crippen molar-refractivity contribution in [1.82, 2.24) is 9.55 Å². The number of carbonyl (C=O) groups excluding carboxylic acids is 2. The van der Waals surface area contributed by atoms with E-state index in [0.29, 0.717) is 31.2 Å². The van der Waals surface area contributed by atoms with Crippen molar-refractivity contribution in [3.63, 3.8) is 0 Å². The smallest absolute Gasteiger partial charge is 0.269 e. The summed E-state index contributed by atoms with van der Waals surface area (Å²) < 4.78 is 6.90. The summed E-state index contributed by atoms with van der Waals surface area (Å²) in [5, 5.41) is 13.5. The summed E-state index contributed by atoms with van der Waals surface area (Å²) in [6, 6.07) is 12.3. The number of anilines is 2. The van der Waals surface area contributed by atoms with Crippen LogP contribution in [0.5, 0.6) is 0 Å². The molecule has 1 N–H and O–H groups in total. The van der Waals surface area contributed by atoms with E-state index in [0.717, 1.165) is 11.0 Å². The fraction of sp³-hybridized carbons (Fsp3) is 0.286. The number of nitrogens with zero attached hydrogens (tertiary/aromatic N) is 4. The third-order valence-corrected chi connectivity index (χ3v) is 5.15. The van der Waals surface area contributed by atoms with Gasteiger partial charge in [-0.1, -0.05) is 12.1 Å². The first-order chi connectivity index (χ1) is 15.0. The molecule has 0 saturated heterocycles. The Morgan fingerprint density at radius 1 is 1.23 bits per heavy atom. The number of carbonyl (C=O) groups is 2.